The Balaban J connectivity index is 2.74. The van der Waals surface area contributed by atoms with E-state index in [1.54, 1.807) is 0 Å². The Morgan fingerprint density at radius 3 is 2.56 bits per heavy atom. The Hall–Kier alpha value is -1.36. The molecule has 0 saturated heterocycles. The number of nitrogens with zero attached hydrogens (tertiary/aromatic N) is 2. The molecule has 0 unspecified atom stereocenters. The minimum absolute atomic E-state index is 0.00456. The summed E-state index contributed by atoms with van der Waals surface area (Å²) >= 11 is 0. The average molecular weight is 226 g/mol. The zero-order chi connectivity index (χ0) is 12.3. The highest BCUT2D eigenvalue weighted by Gasteiger charge is 2.24. The maximum atomic E-state index is 10.8. The van der Waals surface area contributed by atoms with Gasteiger partial charge in [0, 0.05) is 18.2 Å². The summed E-state index contributed by atoms with van der Waals surface area (Å²) in [6.45, 7) is 8.21. The van der Waals surface area contributed by atoms with E-state index in [2.05, 4.69) is 5.16 Å². The fraction of sp³-hybridized carbons (Fsp3) is 0.636. The van der Waals surface area contributed by atoms with E-state index >= 15 is 0 Å². The van der Waals surface area contributed by atoms with Gasteiger partial charge in [-0.2, -0.15) is 0 Å². The number of aryl methyl sites for hydroxylation is 1. The summed E-state index contributed by atoms with van der Waals surface area (Å²) < 4.78 is 4.96. The highest BCUT2D eigenvalue weighted by atomic mass is 16.5. The van der Waals surface area contributed by atoms with Gasteiger partial charge in [0.15, 0.2) is 0 Å². The number of aliphatic carboxylic acids is 1. The molecular weight excluding hydrogens is 208 g/mol. The van der Waals surface area contributed by atoms with Crippen LogP contribution in [-0.2, 0) is 11.3 Å². The summed E-state index contributed by atoms with van der Waals surface area (Å²) in [5.74, 6) is -0.102. The van der Waals surface area contributed by atoms with Gasteiger partial charge < -0.3 is 9.63 Å². The predicted octanol–water partition coefficient (Wildman–Crippen LogP) is 1.67. The molecule has 0 saturated carbocycles. The minimum Gasteiger partial charge on any atom is -0.480 e. The Bertz CT molecular complexity index is 366. The summed E-state index contributed by atoms with van der Waals surface area (Å²) in [4.78, 5) is 12.6. The van der Waals surface area contributed by atoms with Crippen molar-refractivity contribution in [2.24, 2.45) is 0 Å². The van der Waals surface area contributed by atoms with Gasteiger partial charge in [0.2, 0.25) is 0 Å². The van der Waals surface area contributed by atoms with Gasteiger partial charge >= 0.3 is 5.97 Å². The summed E-state index contributed by atoms with van der Waals surface area (Å²) in [5.41, 5.74) is 0.541. The molecule has 0 spiro atoms. The second-order valence-corrected chi connectivity index (χ2v) is 4.85. The van der Waals surface area contributed by atoms with E-state index in [9.17, 15) is 4.79 Å². The van der Waals surface area contributed by atoms with Gasteiger partial charge in [0.25, 0.3) is 0 Å². The fourth-order valence-corrected chi connectivity index (χ4v) is 1.38. The molecule has 90 valence electrons. The topological polar surface area (TPSA) is 66.6 Å². The minimum atomic E-state index is -0.838. The highest BCUT2D eigenvalue weighted by molar-refractivity contribution is 5.69. The number of hydrogen-bond donors (Lipinski definition) is 1. The summed E-state index contributed by atoms with van der Waals surface area (Å²) in [6, 6.07) is 1.82. The maximum Gasteiger partial charge on any atom is 0.317 e. The fourth-order valence-electron chi connectivity index (χ4n) is 1.38. The van der Waals surface area contributed by atoms with E-state index < -0.39 is 5.97 Å². The molecule has 0 fully saturated rings. The molecule has 0 aromatic carbocycles. The number of rotatable bonds is 4. The van der Waals surface area contributed by atoms with Crippen molar-refractivity contribution in [2.45, 2.75) is 39.8 Å². The first-order valence-corrected chi connectivity index (χ1v) is 5.18. The van der Waals surface area contributed by atoms with Crippen LogP contribution in [0.5, 0.6) is 0 Å². The number of hydrogen-bond acceptors (Lipinski definition) is 4. The van der Waals surface area contributed by atoms with Crippen LogP contribution in [0.1, 0.15) is 32.2 Å². The lowest BCUT2D eigenvalue weighted by Gasteiger charge is -2.33. The molecule has 0 aliphatic heterocycles. The van der Waals surface area contributed by atoms with Crippen molar-refractivity contribution in [3.8, 4) is 0 Å². The van der Waals surface area contributed by atoms with Gasteiger partial charge in [-0.3, -0.25) is 9.69 Å². The molecule has 1 heterocycles. The molecule has 1 aromatic rings. The summed E-state index contributed by atoms with van der Waals surface area (Å²) in [5, 5.41) is 12.7. The van der Waals surface area contributed by atoms with Crippen LogP contribution in [0, 0.1) is 6.92 Å². The Labute approximate surface area is 95.0 Å². The van der Waals surface area contributed by atoms with Crippen LogP contribution in [0.2, 0.25) is 0 Å². The van der Waals surface area contributed by atoms with Crippen molar-refractivity contribution in [2.75, 3.05) is 6.54 Å². The molecule has 0 aliphatic rings. The van der Waals surface area contributed by atoms with Gasteiger partial charge in [0.1, 0.15) is 5.76 Å². The number of carboxylic acids is 1. The SMILES string of the molecule is Cc1cc(CN(CC(=O)O)C(C)(C)C)no1. The third-order valence-electron chi connectivity index (χ3n) is 2.30. The van der Waals surface area contributed by atoms with E-state index in [4.69, 9.17) is 9.63 Å². The molecule has 16 heavy (non-hydrogen) atoms. The standard InChI is InChI=1S/C11H18N2O3/c1-8-5-9(12-16-8)6-13(7-10(14)15)11(2,3)4/h5H,6-7H2,1-4H3,(H,14,15). The smallest absolute Gasteiger partial charge is 0.317 e. The molecule has 0 amide bonds. The molecule has 0 aliphatic carbocycles. The van der Waals surface area contributed by atoms with Crippen LogP contribution in [0.25, 0.3) is 0 Å². The van der Waals surface area contributed by atoms with Crippen molar-refractivity contribution >= 4 is 5.97 Å². The van der Waals surface area contributed by atoms with E-state index in [-0.39, 0.29) is 12.1 Å². The molecule has 5 nitrogen and oxygen atoms in total. The number of aromatic nitrogens is 1. The Kier molecular flexibility index (Phi) is 3.70. The van der Waals surface area contributed by atoms with Crippen molar-refractivity contribution in [1.29, 1.82) is 0 Å². The zero-order valence-corrected chi connectivity index (χ0v) is 10.1. The molecule has 0 bridgehead atoms. The Morgan fingerprint density at radius 2 is 2.19 bits per heavy atom. The van der Waals surface area contributed by atoms with Crippen LogP contribution in [0.3, 0.4) is 0 Å². The van der Waals surface area contributed by atoms with Gasteiger partial charge in [-0.1, -0.05) is 5.16 Å². The van der Waals surface area contributed by atoms with Crippen molar-refractivity contribution in [3.63, 3.8) is 0 Å². The van der Waals surface area contributed by atoms with E-state index in [0.717, 1.165) is 11.5 Å². The van der Waals surface area contributed by atoms with Crippen LogP contribution >= 0.6 is 0 Å². The van der Waals surface area contributed by atoms with Crippen molar-refractivity contribution in [1.82, 2.24) is 10.1 Å². The average Bonchev–Trinajstić information content (AvgIpc) is 2.47. The van der Waals surface area contributed by atoms with Crippen molar-refractivity contribution < 1.29 is 14.4 Å². The quantitative estimate of drug-likeness (QED) is 0.845. The molecule has 1 rings (SSSR count). The largest absolute Gasteiger partial charge is 0.480 e. The van der Waals surface area contributed by atoms with Gasteiger partial charge in [-0.15, -0.1) is 0 Å². The van der Waals surface area contributed by atoms with Crippen molar-refractivity contribution in [3.05, 3.63) is 17.5 Å². The number of carboxylic acid groups (broad SMARTS) is 1. The molecular formula is C11H18N2O3. The summed E-state index contributed by atoms with van der Waals surface area (Å²) in [7, 11) is 0. The molecule has 5 heteroatoms. The van der Waals surface area contributed by atoms with Crippen LogP contribution in [0.4, 0.5) is 0 Å². The lowest BCUT2D eigenvalue weighted by Crippen LogP contribution is -2.43. The van der Waals surface area contributed by atoms with E-state index in [1.165, 1.54) is 0 Å². The molecule has 0 radical (unpaired) electrons. The highest BCUT2D eigenvalue weighted by Crippen LogP contribution is 2.16. The van der Waals surface area contributed by atoms with Gasteiger partial charge in [0.05, 0.1) is 12.2 Å². The van der Waals surface area contributed by atoms with Crippen LogP contribution < -0.4 is 0 Å². The zero-order valence-electron chi connectivity index (χ0n) is 10.1. The third kappa shape index (κ3) is 3.66. The second kappa shape index (κ2) is 4.65. The lowest BCUT2D eigenvalue weighted by atomic mass is 10.1. The molecule has 1 N–H and O–H groups in total. The first-order chi connectivity index (χ1) is 7.29. The summed E-state index contributed by atoms with van der Waals surface area (Å²) in [6.07, 6.45) is 0. The van der Waals surface area contributed by atoms with Crippen LogP contribution in [0.15, 0.2) is 10.6 Å². The number of carbonyl (C=O) groups is 1. The van der Waals surface area contributed by atoms with Gasteiger partial charge in [-0.05, 0) is 27.7 Å². The second-order valence-electron chi connectivity index (χ2n) is 4.85. The monoisotopic (exact) mass is 226 g/mol. The maximum absolute atomic E-state index is 10.8. The Morgan fingerprint density at radius 1 is 1.56 bits per heavy atom. The molecule has 0 atom stereocenters. The van der Waals surface area contributed by atoms with E-state index in [0.29, 0.717) is 6.54 Å². The molecule has 1 aromatic heterocycles. The predicted molar refractivity (Wildman–Crippen MR) is 59.0 cm³/mol. The van der Waals surface area contributed by atoms with Crippen LogP contribution in [-0.4, -0.2) is 33.2 Å². The third-order valence-corrected chi connectivity index (χ3v) is 2.30. The normalized spacial score (nSPS) is 12.1. The van der Waals surface area contributed by atoms with Gasteiger partial charge in [-0.25, -0.2) is 0 Å². The lowest BCUT2D eigenvalue weighted by molar-refractivity contribution is -0.140. The first kappa shape index (κ1) is 12.7. The van der Waals surface area contributed by atoms with E-state index in [1.807, 2.05) is 38.7 Å². The first-order valence-electron chi connectivity index (χ1n) is 5.18.